The standard InChI is InChI=1S/C7H13N3O2/c1-5-6(9-10-8)3-4-7(11-2)12-5/h5-7H,3-4H2,1-2H3. The molecular formula is C7H13N3O2. The van der Waals surface area contributed by atoms with Crippen LogP contribution in [0.1, 0.15) is 19.8 Å². The van der Waals surface area contributed by atoms with E-state index in [1.165, 1.54) is 0 Å². The molecule has 0 saturated carbocycles. The van der Waals surface area contributed by atoms with E-state index in [1.54, 1.807) is 7.11 Å². The smallest absolute Gasteiger partial charge is 0.157 e. The number of nitrogens with zero attached hydrogens (tertiary/aromatic N) is 3. The molecule has 1 rings (SSSR count). The maximum Gasteiger partial charge on any atom is 0.157 e. The minimum absolute atomic E-state index is 0.0404. The van der Waals surface area contributed by atoms with E-state index < -0.39 is 0 Å². The third-order valence-corrected chi connectivity index (χ3v) is 2.07. The Kier molecular flexibility index (Phi) is 3.34. The zero-order valence-electron chi connectivity index (χ0n) is 7.30. The zero-order chi connectivity index (χ0) is 8.97. The van der Waals surface area contributed by atoms with Crippen molar-refractivity contribution in [3.05, 3.63) is 10.4 Å². The molecule has 1 fully saturated rings. The maximum atomic E-state index is 8.23. The molecule has 0 aromatic heterocycles. The molecular weight excluding hydrogens is 158 g/mol. The van der Waals surface area contributed by atoms with Crippen molar-refractivity contribution >= 4 is 0 Å². The van der Waals surface area contributed by atoms with Gasteiger partial charge in [-0.05, 0) is 25.3 Å². The van der Waals surface area contributed by atoms with Gasteiger partial charge in [-0.15, -0.1) is 0 Å². The lowest BCUT2D eigenvalue weighted by Crippen LogP contribution is -2.36. The molecule has 0 aromatic carbocycles. The van der Waals surface area contributed by atoms with Crippen LogP contribution in [0.5, 0.6) is 0 Å². The second kappa shape index (κ2) is 4.30. The quantitative estimate of drug-likeness (QED) is 0.361. The summed E-state index contributed by atoms with van der Waals surface area (Å²) in [6.45, 7) is 1.89. The largest absolute Gasteiger partial charge is 0.356 e. The van der Waals surface area contributed by atoms with Gasteiger partial charge in [-0.3, -0.25) is 0 Å². The van der Waals surface area contributed by atoms with Gasteiger partial charge in [0.25, 0.3) is 0 Å². The Morgan fingerprint density at radius 1 is 1.58 bits per heavy atom. The molecule has 1 aliphatic heterocycles. The summed E-state index contributed by atoms with van der Waals surface area (Å²) >= 11 is 0. The molecule has 0 radical (unpaired) electrons. The van der Waals surface area contributed by atoms with E-state index >= 15 is 0 Å². The molecule has 1 saturated heterocycles. The molecule has 3 unspecified atom stereocenters. The number of rotatable bonds is 2. The van der Waals surface area contributed by atoms with Gasteiger partial charge in [-0.25, -0.2) is 0 Å². The Balaban J connectivity index is 2.47. The van der Waals surface area contributed by atoms with Crippen LogP contribution in [0, 0.1) is 0 Å². The summed E-state index contributed by atoms with van der Waals surface area (Å²) in [5.74, 6) is 0. The van der Waals surface area contributed by atoms with Gasteiger partial charge in [0.1, 0.15) is 0 Å². The summed E-state index contributed by atoms with van der Waals surface area (Å²) in [6, 6.07) is -0.0404. The van der Waals surface area contributed by atoms with Crippen molar-refractivity contribution in [1.82, 2.24) is 0 Å². The van der Waals surface area contributed by atoms with E-state index in [9.17, 15) is 0 Å². The summed E-state index contributed by atoms with van der Waals surface area (Å²) in [4.78, 5) is 2.76. The number of ether oxygens (including phenoxy) is 2. The average molecular weight is 171 g/mol. The van der Waals surface area contributed by atoms with Gasteiger partial charge in [0, 0.05) is 12.0 Å². The lowest BCUT2D eigenvalue weighted by Gasteiger charge is -2.31. The fourth-order valence-electron chi connectivity index (χ4n) is 1.33. The van der Waals surface area contributed by atoms with Gasteiger partial charge in [-0.2, -0.15) is 0 Å². The van der Waals surface area contributed by atoms with Gasteiger partial charge in [0.2, 0.25) is 0 Å². The Hall–Kier alpha value is -0.770. The van der Waals surface area contributed by atoms with Crippen LogP contribution in [-0.2, 0) is 9.47 Å². The van der Waals surface area contributed by atoms with Crippen molar-refractivity contribution < 1.29 is 9.47 Å². The summed E-state index contributed by atoms with van der Waals surface area (Å²) < 4.78 is 10.4. The summed E-state index contributed by atoms with van der Waals surface area (Å²) in [5.41, 5.74) is 8.23. The van der Waals surface area contributed by atoms with Gasteiger partial charge >= 0.3 is 0 Å². The van der Waals surface area contributed by atoms with Crippen molar-refractivity contribution in [3.8, 4) is 0 Å². The first-order valence-electron chi connectivity index (χ1n) is 4.00. The first-order valence-corrected chi connectivity index (χ1v) is 4.00. The molecule has 68 valence electrons. The number of methoxy groups -OCH3 is 1. The second-order valence-electron chi connectivity index (χ2n) is 2.86. The molecule has 0 amide bonds. The number of azide groups is 1. The van der Waals surface area contributed by atoms with Crippen LogP contribution in [-0.4, -0.2) is 25.5 Å². The Bertz CT molecular complexity index is 191. The highest BCUT2D eigenvalue weighted by molar-refractivity contribution is 4.78. The Morgan fingerprint density at radius 2 is 2.33 bits per heavy atom. The predicted octanol–water partition coefficient (Wildman–Crippen LogP) is 1.84. The first-order chi connectivity index (χ1) is 5.77. The lowest BCUT2D eigenvalue weighted by atomic mass is 10.0. The van der Waals surface area contributed by atoms with E-state index in [-0.39, 0.29) is 18.4 Å². The monoisotopic (exact) mass is 171 g/mol. The molecule has 0 bridgehead atoms. The van der Waals surface area contributed by atoms with Crippen molar-refractivity contribution in [2.45, 2.75) is 38.2 Å². The molecule has 5 nitrogen and oxygen atoms in total. The topological polar surface area (TPSA) is 67.2 Å². The highest BCUT2D eigenvalue weighted by atomic mass is 16.7. The molecule has 0 aromatic rings. The van der Waals surface area contributed by atoms with Crippen molar-refractivity contribution in [2.24, 2.45) is 5.11 Å². The van der Waals surface area contributed by atoms with E-state index in [2.05, 4.69) is 10.0 Å². The third kappa shape index (κ3) is 2.11. The van der Waals surface area contributed by atoms with Gasteiger partial charge in [-0.1, -0.05) is 5.11 Å². The van der Waals surface area contributed by atoms with Crippen LogP contribution in [0.4, 0.5) is 0 Å². The van der Waals surface area contributed by atoms with Crippen molar-refractivity contribution in [1.29, 1.82) is 0 Å². The van der Waals surface area contributed by atoms with Crippen LogP contribution < -0.4 is 0 Å². The lowest BCUT2D eigenvalue weighted by molar-refractivity contribution is -0.179. The summed E-state index contributed by atoms with van der Waals surface area (Å²) in [6.07, 6.45) is 1.46. The van der Waals surface area contributed by atoms with Crippen LogP contribution in [0.15, 0.2) is 5.11 Å². The zero-order valence-corrected chi connectivity index (χ0v) is 7.30. The van der Waals surface area contributed by atoms with Gasteiger partial charge < -0.3 is 9.47 Å². The van der Waals surface area contributed by atoms with E-state index in [0.29, 0.717) is 0 Å². The SMILES string of the molecule is COC1CCC(N=[N+]=[N-])C(C)O1. The number of hydrogen-bond donors (Lipinski definition) is 0. The average Bonchev–Trinajstić information content (AvgIpc) is 2.09. The third-order valence-electron chi connectivity index (χ3n) is 2.07. The first kappa shape index (κ1) is 9.32. The predicted molar refractivity (Wildman–Crippen MR) is 43.5 cm³/mol. The molecule has 3 atom stereocenters. The minimum atomic E-state index is -0.134. The molecule has 0 aliphatic carbocycles. The van der Waals surface area contributed by atoms with Crippen LogP contribution in [0.25, 0.3) is 10.4 Å². The highest BCUT2D eigenvalue weighted by Gasteiger charge is 2.26. The summed E-state index contributed by atoms with van der Waals surface area (Å²) in [7, 11) is 1.62. The molecule has 1 heterocycles. The Morgan fingerprint density at radius 3 is 2.83 bits per heavy atom. The second-order valence-corrected chi connectivity index (χ2v) is 2.86. The molecule has 1 aliphatic rings. The minimum Gasteiger partial charge on any atom is -0.356 e. The fourth-order valence-corrected chi connectivity index (χ4v) is 1.33. The summed E-state index contributed by atoms with van der Waals surface area (Å²) in [5, 5.41) is 3.63. The molecule has 5 heteroatoms. The van der Waals surface area contributed by atoms with Crippen LogP contribution >= 0.6 is 0 Å². The van der Waals surface area contributed by atoms with Gasteiger partial charge in [0.05, 0.1) is 12.1 Å². The maximum absolute atomic E-state index is 8.23. The van der Waals surface area contributed by atoms with Crippen molar-refractivity contribution in [3.63, 3.8) is 0 Å². The normalized spacial score (nSPS) is 35.7. The molecule has 12 heavy (non-hydrogen) atoms. The van der Waals surface area contributed by atoms with Crippen LogP contribution in [0.2, 0.25) is 0 Å². The van der Waals surface area contributed by atoms with E-state index in [4.69, 9.17) is 15.0 Å². The fraction of sp³-hybridized carbons (Fsp3) is 1.00. The van der Waals surface area contributed by atoms with E-state index in [1.807, 2.05) is 6.92 Å². The molecule has 0 N–H and O–H groups in total. The van der Waals surface area contributed by atoms with Crippen LogP contribution in [0.3, 0.4) is 0 Å². The Labute approximate surface area is 71.3 Å². The highest BCUT2D eigenvalue weighted by Crippen LogP contribution is 2.22. The number of hydrogen-bond acceptors (Lipinski definition) is 3. The van der Waals surface area contributed by atoms with Crippen molar-refractivity contribution in [2.75, 3.05) is 7.11 Å². The van der Waals surface area contributed by atoms with Gasteiger partial charge in [0.15, 0.2) is 6.29 Å². The molecule has 0 spiro atoms. The van der Waals surface area contributed by atoms with E-state index in [0.717, 1.165) is 12.8 Å².